The van der Waals surface area contributed by atoms with Crippen molar-refractivity contribution in [2.45, 2.75) is 47.0 Å². The van der Waals surface area contributed by atoms with Crippen molar-refractivity contribution in [1.82, 2.24) is 5.32 Å². The minimum absolute atomic E-state index is 0.421. The van der Waals surface area contributed by atoms with Gasteiger partial charge >= 0.3 is 0 Å². The van der Waals surface area contributed by atoms with Crippen LogP contribution in [-0.4, -0.2) is 19.6 Å². The molecule has 0 aromatic rings. The average Bonchev–Trinajstić information content (AvgIpc) is 2.09. The summed E-state index contributed by atoms with van der Waals surface area (Å²) in [6.45, 7) is 12.3. The van der Waals surface area contributed by atoms with Crippen LogP contribution < -0.4 is 11.1 Å². The predicted octanol–water partition coefficient (Wildman–Crippen LogP) is 2.39. The molecule has 14 heavy (non-hydrogen) atoms. The zero-order chi connectivity index (χ0) is 11.0. The molecule has 2 nitrogen and oxygen atoms in total. The number of nitrogens with one attached hydrogen (secondary N) is 1. The lowest BCUT2D eigenvalue weighted by Gasteiger charge is -2.27. The molecule has 0 rings (SSSR count). The zero-order valence-corrected chi connectivity index (χ0v) is 10.4. The summed E-state index contributed by atoms with van der Waals surface area (Å²) < 4.78 is 0. The number of hydrogen-bond acceptors (Lipinski definition) is 2. The lowest BCUT2D eigenvalue weighted by atomic mass is 9.82. The summed E-state index contributed by atoms with van der Waals surface area (Å²) in [5.74, 6) is 0.733. The summed E-state index contributed by atoms with van der Waals surface area (Å²) >= 11 is 0. The fourth-order valence-corrected chi connectivity index (χ4v) is 1.20. The molecule has 0 saturated carbocycles. The molecule has 0 aliphatic carbocycles. The lowest BCUT2D eigenvalue weighted by molar-refractivity contribution is 0.253. The number of hydrogen-bond donors (Lipinski definition) is 2. The van der Waals surface area contributed by atoms with Crippen LogP contribution in [0.15, 0.2) is 0 Å². The van der Waals surface area contributed by atoms with Gasteiger partial charge in [0.1, 0.15) is 0 Å². The molecule has 1 atom stereocenters. The van der Waals surface area contributed by atoms with Crippen LogP contribution in [-0.2, 0) is 0 Å². The van der Waals surface area contributed by atoms with Gasteiger partial charge in [-0.3, -0.25) is 0 Å². The third kappa shape index (κ3) is 7.34. The Morgan fingerprint density at radius 1 is 1.14 bits per heavy atom. The van der Waals surface area contributed by atoms with E-state index in [0.29, 0.717) is 5.41 Å². The smallest absolute Gasteiger partial charge is 0.00182 e. The minimum atomic E-state index is 0.421. The van der Waals surface area contributed by atoms with Crippen molar-refractivity contribution in [2.24, 2.45) is 17.1 Å². The standard InChI is InChI=1S/C12H28N2/c1-11(12(2,3)4)10-14-9-7-5-6-8-13/h11,14H,5-10,13H2,1-4H3. The highest BCUT2D eigenvalue weighted by Gasteiger charge is 2.18. The maximum absolute atomic E-state index is 5.43. The first kappa shape index (κ1) is 13.9. The molecule has 0 heterocycles. The van der Waals surface area contributed by atoms with E-state index in [9.17, 15) is 0 Å². The van der Waals surface area contributed by atoms with Crippen molar-refractivity contribution in [3.05, 3.63) is 0 Å². The van der Waals surface area contributed by atoms with E-state index in [-0.39, 0.29) is 0 Å². The van der Waals surface area contributed by atoms with Gasteiger partial charge in [0.2, 0.25) is 0 Å². The summed E-state index contributed by atoms with van der Waals surface area (Å²) in [5, 5.41) is 3.51. The molecule has 3 N–H and O–H groups in total. The number of nitrogens with two attached hydrogens (primary N) is 1. The Morgan fingerprint density at radius 3 is 2.29 bits per heavy atom. The summed E-state index contributed by atoms with van der Waals surface area (Å²) in [6, 6.07) is 0. The Kier molecular flexibility index (Phi) is 7.20. The second-order valence-corrected chi connectivity index (χ2v) is 5.32. The van der Waals surface area contributed by atoms with E-state index >= 15 is 0 Å². The predicted molar refractivity (Wildman–Crippen MR) is 64.4 cm³/mol. The summed E-state index contributed by atoms with van der Waals surface area (Å²) in [6.07, 6.45) is 3.68. The minimum Gasteiger partial charge on any atom is -0.330 e. The number of rotatable bonds is 7. The van der Waals surface area contributed by atoms with Crippen molar-refractivity contribution in [2.75, 3.05) is 19.6 Å². The highest BCUT2D eigenvalue weighted by Crippen LogP contribution is 2.24. The lowest BCUT2D eigenvalue weighted by Crippen LogP contribution is -2.30. The van der Waals surface area contributed by atoms with E-state index < -0.39 is 0 Å². The quantitative estimate of drug-likeness (QED) is 0.619. The second kappa shape index (κ2) is 7.24. The molecule has 0 aromatic carbocycles. The Bertz CT molecular complexity index is 127. The van der Waals surface area contributed by atoms with Gasteiger partial charge in [-0.15, -0.1) is 0 Å². The molecule has 0 spiro atoms. The van der Waals surface area contributed by atoms with Gasteiger partial charge in [0.05, 0.1) is 0 Å². The van der Waals surface area contributed by atoms with Gasteiger partial charge in [-0.05, 0) is 43.8 Å². The van der Waals surface area contributed by atoms with E-state index in [1.165, 1.54) is 12.8 Å². The molecule has 86 valence electrons. The molecule has 0 aliphatic rings. The first-order valence-corrected chi connectivity index (χ1v) is 5.89. The molecular weight excluding hydrogens is 172 g/mol. The first-order valence-electron chi connectivity index (χ1n) is 5.89. The van der Waals surface area contributed by atoms with Crippen molar-refractivity contribution in [3.63, 3.8) is 0 Å². The molecule has 0 aliphatic heterocycles. The van der Waals surface area contributed by atoms with Crippen molar-refractivity contribution in [3.8, 4) is 0 Å². The third-order valence-electron chi connectivity index (χ3n) is 2.99. The topological polar surface area (TPSA) is 38.0 Å². The van der Waals surface area contributed by atoms with E-state index in [1.54, 1.807) is 0 Å². The third-order valence-corrected chi connectivity index (χ3v) is 2.99. The normalized spacial score (nSPS) is 14.4. The van der Waals surface area contributed by atoms with Gasteiger partial charge in [0, 0.05) is 0 Å². The molecule has 0 amide bonds. The van der Waals surface area contributed by atoms with Crippen LogP contribution >= 0.6 is 0 Å². The SMILES string of the molecule is CC(CNCCCCCN)C(C)(C)C. The maximum Gasteiger partial charge on any atom is -0.00182 e. The Hall–Kier alpha value is -0.0800. The molecule has 0 radical (unpaired) electrons. The van der Waals surface area contributed by atoms with Gasteiger partial charge in [-0.25, -0.2) is 0 Å². The fraction of sp³-hybridized carbons (Fsp3) is 1.00. The van der Waals surface area contributed by atoms with Crippen molar-refractivity contribution >= 4 is 0 Å². The number of unbranched alkanes of at least 4 members (excludes halogenated alkanes) is 2. The summed E-state index contributed by atoms with van der Waals surface area (Å²) in [7, 11) is 0. The Labute approximate surface area is 89.6 Å². The second-order valence-electron chi connectivity index (χ2n) is 5.32. The van der Waals surface area contributed by atoms with Crippen LogP contribution in [0.3, 0.4) is 0 Å². The monoisotopic (exact) mass is 200 g/mol. The van der Waals surface area contributed by atoms with Gasteiger partial charge in [-0.1, -0.05) is 34.1 Å². The van der Waals surface area contributed by atoms with E-state index in [1.807, 2.05) is 0 Å². The molecule has 0 bridgehead atoms. The van der Waals surface area contributed by atoms with Crippen LogP contribution in [0.1, 0.15) is 47.0 Å². The van der Waals surface area contributed by atoms with Crippen LogP contribution in [0.4, 0.5) is 0 Å². The summed E-state index contributed by atoms with van der Waals surface area (Å²) in [4.78, 5) is 0. The van der Waals surface area contributed by atoms with Crippen molar-refractivity contribution in [1.29, 1.82) is 0 Å². The molecule has 2 heteroatoms. The average molecular weight is 200 g/mol. The first-order chi connectivity index (χ1) is 6.48. The zero-order valence-electron chi connectivity index (χ0n) is 10.4. The van der Waals surface area contributed by atoms with Crippen LogP contribution in [0.5, 0.6) is 0 Å². The van der Waals surface area contributed by atoms with E-state index in [0.717, 1.165) is 32.0 Å². The molecule has 0 aromatic heterocycles. The van der Waals surface area contributed by atoms with Crippen LogP contribution in [0.2, 0.25) is 0 Å². The molecule has 1 unspecified atom stereocenters. The highest BCUT2D eigenvalue weighted by molar-refractivity contribution is 4.71. The van der Waals surface area contributed by atoms with Crippen LogP contribution in [0.25, 0.3) is 0 Å². The Balaban J connectivity index is 3.28. The largest absolute Gasteiger partial charge is 0.330 e. The van der Waals surface area contributed by atoms with Gasteiger partial charge in [0.15, 0.2) is 0 Å². The van der Waals surface area contributed by atoms with Gasteiger partial charge in [0.25, 0.3) is 0 Å². The molecule has 0 fully saturated rings. The van der Waals surface area contributed by atoms with E-state index in [4.69, 9.17) is 5.73 Å². The molecular formula is C12H28N2. The maximum atomic E-state index is 5.43. The summed E-state index contributed by atoms with van der Waals surface area (Å²) in [5.41, 5.74) is 5.85. The van der Waals surface area contributed by atoms with Gasteiger partial charge < -0.3 is 11.1 Å². The van der Waals surface area contributed by atoms with Crippen LogP contribution in [0, 0.1) is 11.3 Å². The van der Waals surface area contributed by atoms with Crippen molar-refractivity contribution < 1.29 is 0 Å². The molecule has 0 saturated heterocycles. The Morgan fingerprint density at radius 2 is 1.79 bits per heavy atom. The van der Waals surface area contributed by atoms with Gasteiger partial charge in [-0.2, -0.15) is 0 Å². The highest BCUT2D eigenvalue weighted by atomic mass is 14.9. The van der Waals surface area contributed by atoms with E-state index in [2.05, 4.69) is 33.0 Å². The fourth-order valence-electron chi connectivity index (χ4n) is 1.20.